The third-order valence-electron chi connectivity index (χ3n) is 6.45. The van der Waals surface area contributed by atoms with Crippen LogP contribution in [-0.2, 0) is 47.7 Å². The van der Waals surface area contributed by atoms with E-state index < -0.39 is 59.6 Å². The fourth-order valence-electron chi connectivity index (χ4n) is 4.60. The standard InChI is InChI=1S/C30H33N3O10S2/c1-16(34)39-15-24-25(40-17(2)35)26(41-18(3)36)27(42-19(4)37)29(43-24)45-30-31-23(14-22-8-7-13-44-22)28(38)33(30)21-11-9-20(10-12-21)32(5)6/h7-14,24-27,29H,15H2,1-6H3/b23-14-/t24-,25-,26+,27-,29+/m1/s1. The van der Waals surface area contributed by atoms with Crippen molar-refractivity contribution in [3.8, 4) is 0 Å². The molecule has 0 saturated carbocycles. The first-order chi connectivity index (χ1) is 21.3. The second kappa shape index (κ2) is 14.7. The average Bonchev–Trinajstić information content (AvgIpc) is 3.58. The Morgan fingerprint density at radius 1 is 0.933 bits per heavy atom. The quantitative estimate of drug-likeness (QED) is 0.221. The molecular weight excluding hydrogens is 626 g/mol. The lowest BCUT2D eigenvalue weighted by molar-refractivity contribution is -0.237. The van der Waals surface area contributed by atoms with Crippen LogP contribution in [0.15, 0.2) is 52.5 Å². The van der Waals surface area contributed by atoms with Crippen LogP contribution in [0.5, 0.6) is 0 Å². The van der Waals surface area contributed by atoms with E-state index in [-0.39, 0.29) is 17.5 Å². The predicted molar refractivity (Wildman–Crippen MR) is 168 cm³/mol. The maximum absolute atomic E-state index is 13.8. The molecule has 1 fully saturated rings. The largest absolute Gasteiger partial charge is 0.463 e. The van der Waals surface area contributed by atoms with Crippen molar-refractivity contribution in [1.29, 1.82) is 0 Å². The number of thioether (sulfide) groups is 1. The van der Waals surface area contributed by atoms with Crippen molar-refractivity contribution < 1.29 is 47.7 Å². The normalized spacial score (nSPS) is 23.7. The van der Waals surface area contributed by atoms with Crippen LogP contribution in [0.2, 0.25) is 0 Å². The first kappa shape index (κ1) is 33.7. The third-order valence-corrected chi connectivity index (χ3v) is 8.36. The van der Waals surface area contributed by atoms with Crippen LogP contribution in [0.3, 0.4) is 0 Å². The minimum atomic E-state index is -1.35. The van der Waals surface area contributed by atoms with E-state index in [1.54, 1.807) is 18.2 Å². The van der Waals surface area contributed by atoms with Crippen LogP contribution in [0.1, 0.15) is 32.6 Å². The Kier molecular flexibility index (Phi) is 11.0. The molecule has 0 radical (unpaired) electrons. The summed E-state index contributed by atoms with van der Waals surface area (Å²) in [6.45, 7) is 4.28. The summed E-state index contributed by atoms with van der Waals surface area (Å²) in [5.41, 5.74) is 0.409. The van der Waals surface area contributed by atoms with Crippen LogP contribution < -0.4 is 9.80 Å². The number of carbonyl (C=O) groups is 5. The van der Waals surface area contributed by atoms with Gasteiger partial charge in [0.05, 0.1) is 5.69 Å². The van der Waals surface area contributed by atoms with Crippen molar-refractivity contribution in [1.82, 2.24) is 0 Å². The summed E-state index contributed by atoms with van der Waals surface area (Å²) in [6.07, 6.45) is -3.46. The van der Waals surface area contributed by atoms with Gasteiger partial charge in [-0.2, -0.15) is 0 Å². The lowest BCUT2D eigenvalue weighted by Crippen LogP contribution is -2.61. The Morgan fingerprint density at radius 3 is 2.11 bits per heavy atom. The van der Waals surface area contributed by atoms with Gasteiger partial charge in [-0.1, -0.05) is 17.8 Å². The molecule has 0 spiro atoms. The Morgan fingerprint density at radius 2 is 1.56 bits per heavy atom. The van der Waals surface area contributed by atoms with Gasteiger partial charge >= 0.3 is 23.9 Å². The van der Waals surface area contributed by atoms with Crippen molar-refractivity contribution in [2.45, 2.75) is 57.5 Å². The second-order valence-corrected chi connectivity index (χ2v) is 12.2. The highest BCUT2D eigenvalue weighted by molar-refractivity contribution is 8.14. The topological polar surface area (TPSA) is 150 Å². The lowest BCUT2D eigenvalue weighted by Gasteiger charge is -2.44. The van der Waals surface area contributed by atoms with Gasteiger partial charge in [0.25, 0.3) is 5.91 Å². The number of thiophene rings is 1. The highest BCUT2D eigenvalue weighted by atomic mass is 32.2. The summed E-state index contributed by atoms with van der Waals surface area (Å²) in [4.78, 5) is 70.9. The summed E-state index contributed by atoms with van der Waals surface area (Å²) in [6, 6.07) is 10.9. The van der Waals surface area contributed by atoms with Crippen molar-refractivity contribution in [3.05, 3.63) is 52.4 Å². The zero-order valence-electron chi connectivity index (χ0n) is 25.5. The second-order valence-electron chi connectivity index (χ2n) is 10.2. The van der Waals surface area contributed by atoms with E-state index in [1.165, 1.54) is 23.2 Å². The molecule has 0 aliphatic carbocycles. The number of hydrogen-bond acceptors (Lipinski definition) is 14. The van der Waals surface area contributed by atoms with Crippen LogP contribution in [0.4, 0.5) is 11.4 Å². The van der Waals surface area contributed by atoms with E-state index >= 15 is 0 Å². The van der Waals surface area contributed by atoms with E-state index in [4.69, 9.17) is 23.7 Å². The first-order valence-corrected chi connectivity index (χ1v) is 15.5. The SMILES string of the molecule is CC(=O)OC[C@H]1O[C@@H](SC2=N/C(=C\c3cccs3)C(=O)N2c2ccc(N(C)C)cc2)[C@H](OC(C)=O)[C@@H](OC(C)=O)[C@@H]1OC(C)=O. The van der Waals surface area contributed by atoms with Gasteiger partial charge in [-0.25, -0.2) is 4.99 Å². The van der Waals surface area contributed by atoms with Crippen molar-refractivity contribution in [3.63, 3.8) is 0 Å². The van der Waals surface area contributed by atoms with Crippen molar-refractivity contribution in [2.24, 2.45) is 4.99 Å². The monoisotopic (exact) mass is 659 g/mol. The fraction of sp³-hybridized carbons (Fsp3) is 0.400. The van der Waals surface area contributed by atoms with Gasteiger partial charge in [0.15, 0.2) is 28.9 Å². The number of nitrogens with zero attached hydrogens (tertiary/aromatic N) is 3. The minimum absolute atomic E-state index is 0.155. The number of aliphatic imine (C=N–C) groups is 1. The van der Waals surface area contributed by atoms with Gasteiger partial charge < -0.3 is 28.6 Å². The molecule has 2 aromatic rings. The number of carbonyl (C=O) groups excluding carboxylic acids is 5. The molecule has 0 bridgehead atoms. The molecule has 0 N–H and O–H groups in total. The van der Waals surface area contributed by atoms with Crippen LogP contribution in [-0.4, -0.2) is 85.5 Å². The van der Waals surface area contributed by atoms with E-state index in [1.807, 2.05) is 48.6 Å². The fourth-order valence-corrected chi connectivity index (χ4v) is 6.44. The zero-order valence-corrected chi connectivity index (χ0v) is 27.1. The van der Waals surface area contributed by atoms with Gasteiger partial charge in [-0.3, -0.25) is 28.9 Å². The number of amidine groups is 1. The maximum Gasteiger partial charge on any atom is 0.303 e. The predicted octanol–water partition coefficient (Wildman–Crippen LogP) is 3.37. The minimum Gasteiger partial charge on any atom is -0.463 e. The molecule has 1 aromatic carbocycles. The summed E-state index contributed by atoms with van der Waals surface area (Å²) in [5.74, 6) is -3.25. The molecule has 0 unspecified atom stereocenters. The molecule has 2 aliphatic rings. The Hall–Kier alpha value is -4.21. The molecule has 45 heavy (non-hydrogen) atoms. The molecule has 1 amide bonds. The molecule has 15 heteroatoms. The number of esters is 4. The molecular formula is C30H33N3O10S2. The van der Waals surface area contributed by atoms with Gasteiger partial charge in [0.1, 0.15) is 18.4 Å². The van der Waals surface area contributed by atoms with Crippen LogP contribution >= 0.6 is 23.1 Å². The van der Waals surface area contributed by atoms with E-state index in [0.717, 1.165) is 43.1 Å². The average molecular weight is 660 g/mol. The van der Waals surface area contributed by atoms with E-state index in [2.05, 4.69) is 4.99 Å². The number of rotatable bonds is 9. The number of benzene rings is 1. The number of anilines is 2. The summed E-state index contributed by atoms with van der Waals surface area (Å²) >= 11 is 2.37. The summed E-state index contributed by atoms with van der Waals surface area (Å²) in [7, 11) is 3.79. The van der Waals surface area contributed by atoms with Crippen molar-refractivity contribution in [2.75, 3.05) is 30.5 Å². The highest BCUT2D eigenvalue weighted by Gasteiger charge is 2.53. The zero-order chi connectivity index (χ0) is 32.8. The maximum atomic E-state index is 13.8. The van der Waals surface area contributed by atoms with Gasteiger partial charge in [-0.05, 0) is 41.8 Å². The highest BCUT2D eigenvalue weighted by Crippen LogP contribution is 2.39. The molecule has 5 atom stereocenters. The van der Waals surface area contributed by atoms with Crippen molar-refractivity contribution >= 4 is 75.5 Å². The molecule has 2 aliphatic heterocycles. The van der Waals surface area contributed by atoms with Crippen LogP contribution in [0.25, 0.3) is 6.08 Å². The van der Waals surface area contributed by atoms with Gasteiger partial charge in [0, 0.05) is 52.4 Å². The molecule has 3 heterocycles. The van der Waals surface area contributed by atoms with Gasteiger partial charge in [0.2, 0.25) is 0 Å². The van der Waals surface area contributed by atoms with E-state index in [0.29, 0.717) is 5.69 Å². The molecule has 13 nitrogen and oxygen atoms in total. The smallest absolute Gasteiger partial charge is 0.303 e. The Bertz CT molecular complexity index is 1490. The molecule has 1 aromatic heterocycles. The van der Waals surface area contributed by atoms with Crippen LogP contribution in [0, 0.1) is 0 Å². The Labute approximate surface area is 268 Å². The lowest BCUT2D eigenvalue weighted by atomic mass is 9.99. The number of amides is 1. The Balaban J connectivity index is 1.78. The van der Waals surface area contributed by atoms with E-state index in [9.17, 15) is 24.0 Å². The number of hydrogen-bond donors (Lipinski definition) is 0. The first-order valence-electron chi connectivity index (χ1n) is 13.8. The number of ether oxygens (including phenoxy) is 5. The summed E-state index contributed by atoms with van der Waals surface area (Å²) < 4.78 is 28.0. The van der Waals surface area contributed by atoms with Gasteiger partial charge in [-0.15, -0.1) is 11.3 Å². The third kappa shape index (κ3) is 8.49. The molecule has 4 rings (SSSR count). The molecule has 1 saturated heterocycles. The summed E-state index contributed by atoms with van der Waals surface area (Å²) in [5, 5.41) is 2.06. The molecule has 240 valence electrons.